The van der Waals surface area contributed by atoms with Gasteiger partial charge in [-0.2, -0.15) is 0 Å². The van der Waals surface area contributed by atoms with E-state index in [-0.39, 0.29) is 21.8 Å². The maximum absolute atomic E-state index is 12.5. The first-order chi connectivity index (χ1) is 8.51. The van der Waals surface area contributed by atoms with E-state index in [2.05, 4.69) is 5.32 Å². The third-order valence-electron chi connectivity index (χ3n) is 4.11. The smallest absolute Gasteiger partial charge is 0.181 e. The highest BCUT2D eigenvalue weighted by Gasteiger charge is 2.41. The molecule has 3 rings (SSSR count). The molecule has 1 saturated carbocycles. The Labute approximate surface area is 107 Å². The molecule has 1 aliphatic carbocycles. The quantitative estimate of drug-likeness (QED) is 0.707. The zero-order chi connectivity index (χ0) is 12.8. The van der Waals surface area contributed by atoms with E-state index in [1.165, 1.54) is 12.1 Å². The largest absolute Gasteiger partial charge is 0.508 e. The average Bonchev–Trinajstić information content (AvgIpc) is 2.71. The van der Waals surface area contributed by atoms with Crippen molar-refractivity contribution in [3.05, 3.63) is 18.2 Å². The Bertz CT molecular complexity index is 574. The third kappa shape index (κ3) is 1.86. The second-order valence-corrected chi connectivity index (χ2v) is 7.46. The molecule has 5 heteroatoms. The Hall–Kier alpha value is -1.23. The molecule has 0 radical (unpaired) electrons. The molecule has 1 aromatic rings. The summed E-state index contributed by atoms with van der Waals surface area (Å²) in [5.41, 5.74) is 0.504. The highest BCUT2D eigenvalue weighted by atomic mass is 32.2. The number of fused-ring (bicyclic) bond motifs is 1. The molecule has 1 aromatic carbocycles. The van der Waals surface area contributed by atoms with Crippen LogP contribution in [0.15, 0.2) is 23.1 Å². The predicted octanol–water partition coefficient (Wildman–Crippen LogP) is 2.15. The van der Waals surface area contributed by atoms with Gasteiger partial charge in [0.1, 0.15) is 5.75 Å². The van der Waals surface area contributed by atoms with E-state index in [0.717, 1.165) is 25.7 Å². The Morgan fingerprint density at radius 3 is 2.67 bits per heavy atom. The number of anilines is 1. The molecular weight excluding hydrogens is 250 g/mol. The van der Waals surface area contributed by atoms with Crippen LogP contribution in [0.3, 0.4) is 0 Å². The number of aromatic hydroxyl groups is 1. The molecule has 2 N–H and O–H groups in total. The number of phenolic OH excluding ortho intramolecular Hbond substituents is 1. The molecule has 18 heavy (non-hydrogen) atoms. The molecule has 0 amide bonds. The number of phenols is 1. The first-order valence-corrected chi connectivity index (χ1v) is 7.96. The monoisotopic (exact) mass is 267 g/mol. The van der Waals surface area contributed by atoms with Crippen molar-refractivity contribution in [2.75, 3.05) is 17.6 Å². The van der Waals surface area contributed by atoms with E-state index < -0.39 is 9.84 Å². The van der Waals surface area contributed by atoms with Gasteiger partial charge in [-0.05, 0) is 25.0 Å². The summed E-state index contributed by atoms with van der Waals surface area (Å²) in [6, 6.07) is 4.52. The van der Waals surface area contributed by atoms with Crippen molar-refractivity contribution in [2.45, 2.75) is 30.6 Å². The fourth-order valence-electron chi connectivity index (χ4n) is 3.18. The number of nitrogens with one attached hydrogen (secondary N) is 1. The van der Waals surface area contributed by atoms with Crippen LogP contribution in [0.1, 0.15) is 25.7 Å². The lowest BCUT2D eigenvalue weighted by Crippen LogP contribution is -2.31. The summed E-state index contributed by atoms with van der Waals surface area (Å²) in [4.78, 5) is 0.242. The van der Waals surface area contributed by atoms with Crippen molar-refractivity contribution in [3.8, 4) is 5.75 Å². The molecule has 1 fully saturated rings. The molecule has 1 heterocycles. The highest BCUT2D eigenvalue weighted by Crippen LogP contribution is 2.44. The number of hydrogen-bond donors (Lipinski definition) is 2. The maximum Gasteiger partial charge on any atom is 0.181 e. The first-order valence-electron chi connectivity index (χ1n) is 6.31. The van der Waals surface area contributed by atoms with Crippen LogP contribution in [-0.4, -0.2) is 25.8 Å². The molecule has 0 unspecified atom stereocenters. The summed E-state index contributed by atoms with van der Waals surface area (Å²) < 4.78 is 24.9. The van der Waals surface area contributed by atoms with Crippen molar-refractivity contribution in [1.82, 2.24) is 0 Å². The second kappa shape index (κ2) is 3.88. The van der Waals surface area contributed by atoms with Crippen molar-refractivity contribution in [1.29, 1.82) is 0 Å². The molecule has 0 saturated heterocycles. The minimum absolute atomic E-state index is 0.00139. The van der Waals surface area contributed by atoms with E-state index in [1.807, 2.05) is 0 Å². The van der Waals surface area contributed by atoms with Crippen LogP contribution in [0.5, 0.6) is 5.75 Å². The standard InChI is InChI=1S/C13H17NO3S/c15-10-3-4-11-12(7-10)18(16,17)9-13(8-14-11)5-1-2-6-13/h3-4,7,14-15H,1-2,5-6,8-9H2. The molecule has 4 nitrogen and oxygen atoms in total. The van der Waals surface area contributed by atoms with Gasteiger partial charge in [0, 0.05) is 18.0 Å². The van der Waals surface area contributed by atoms with E-state index in [1.54, 1.807) is 6.07 Å². The van der Waals surface area contributed by atoms with Gasteiger partial charge < -0.3 is 10.4 Å². The number of sulfone groups is 1. The number of hydrogen-bond acceptors (Lipinski definition) is 4. The van der Waals surface area contributed by atoms with E-state index >= 15 is 0 Å². The Kier molecular flexibility index (Phi) is 2.55. The normalized spacial score (nSPS) is 24.2. The Morgan fingerprint density at radius 1 is 1.22 bits per heavy atom. The Morgan fingerprint density at radius 2 is 1.94 bits per heavy atom. The van der Waals surface area contributed by atoms with Gasteiger partial charge in [0.05, 0.1) is 16.3 Å². The SMILES string of the molecule is O=S1(=O)CC2(CCCC2)CNc2ccc(O)cc21. The van der Waals surface area contributed by atoms with E-state index in [4.69, 9.17) is 0 Å². The molecule has 2 aliphatic rings. The summed E-state index contributed by atoms with van der Waals surface area (Å²) in [6.07, 6.45) is 4.16. The summed E-state index contributed by atoms with van der Waals surface area (Å²) in [5, 5.41) is 12.7. The van der Waals surface area contributed by atoms with Gasteiger partial charge in [0.15, 0.2) is 9.84 Å². The summed E-state index contributed by atoms with van der Waals surface area (Å²) in [6.45, 7) is 0.712. The van der Waals surface area contributed by atoms with Crippen molar-refractivity contribution < 1.29 is 13.5 Å². The van der Waals surface area contributed by atoms with Crippen LogP contribution in [0.2, 0.25) is 0 Å². The van der Waals surface area contributed by atoms with Crippen LogP contribution in [0.25, 0.3) is 0 Å². The summed E-state index contributed by atoms with van der Waals surface area (Å²) >= 11 is 0. The molecule has 98 valence electrons. The van der Waals surface area contributed by atoms with E-state index in [0.29, 0.717) is 12.2 Å². The van der Waals surface area contributed by atoms with Crippen molar-refractivity contribution >= 4 is 15.5 Å². The van der Waals surface area contributed by atoms with Gasteiger partial charge in [0.25, 0.3) is 0 Å². The molecule has 1 spiro atoms. The summed E-state index contributed by atoms with van der Waals surface area (Å²) in [5.74, 6) is 0.199. The van der Waals surface area contributed by atoms with Gasteiger partial charge in [-0.25, -0.2) is 8.42 Å². The Balaban J connectivity index is 2.08. The van der Waals surface area contributed by atoms with Crippen LogP contribution in [0, 0.1) is 5.41 Å². The molecule has 0 bridgehead atoms. The fourth-order valence-corrected chi connectivity index (χ4v) is 5.30. The van der Waals surface area contributed by atoms with Crippen LogP contribution < -0.4 is 5.32 Å². The molecule has 1 aliphatic heterocycles. The van der Waals surface area contributed by atoms with Crippen LogP contribution in [-0.2, 0) is 9.84 Å². The minimum atomic E-state index is -3.32. The molecular formula is C13H17NO3S. The minimum Gasteiger partial charge on any atom is -0.508 e. The maximum atomic E-state index is 12.5. The van der Waals surface area contributed by atoms with Gasteiger partial charge in [-0.3, -0.25) is 0 Å². The van der Waals surface area contributed by atoms with Crippen LogP contribution in [0.4, 0.5) is 5.69 Å². The van der Waals surface area contributed by atoms with Gasteiger partial charge >= 0.3 is 0 Å². The number of rotatable bonds is 0. The van der Waals surface area contributed by atoms with Crippen LogP contribution >= 0.6 is 0 Å². The van der Waals surface area contributed by atoms with E-state index in [9.17, 15) is 13.5 Å². The van der Waals surface area contributed by atoms with Crippen molar-refractivity contribution in [3.63, 3.8) is 0 Å². The zero-order valence-corrected chi connectivity index (χ0v) is 11.0. The van der Waals surface area contributed by atoms with Crippen molar-refractivity contribution in [2.24, 2.45) is 5.41 Å². The summed E-state index contributed by atoms with van der Waals surface area (Å²) in [7, 11) is -3.32. The average molecular weight is 267 g/mol. The van der Waals surface area contributed by atoms with Gasteiger partial charge in [-0.15, -0.1) is 0 Å². The topological polar surface area (TPSA) is 66.4 Å². The lowest BCUT2D eigenvalue weighted by molar-refractivity contribution is 0.365. The highest BCUT2D eigenvalue weighted by molar-refractivity contribution is 7.91. The lowest BCUT2D eigenvalue weighted by Gasteiger charge is -2.26. The third-order valence-corrected chi connectivity index (χ3v) is 6.11. The zero-order valence-electron chi connectivity index (χ0n) is 10.1. The first kappa shape index (κ1) is 11.8. The lowest BCUT2D eigenvalue weighted by atomic mass is 9.88. The predicted molar refractivity (Wildman–Crippen MR) is 69.6 cm³/mol. The van der Waals surface area contributed by atoms with Gasteiger partial charge in [0.2, 0.25) is 0 Å². The van der Waals surface area contributed by atoms with Gasteiger partial charge in [-0.1, -0.05) is 12.8 Å². The molecule has 0 aromatic heterocycles. The number of benzene rings is 1. The fraction of sp³-hybridized carbons (Fsp3) is 0.538. The second-order valence-electron chi connectivity index (χ2n) is 5.50. The molecule has 0 atom stereocenters.